The monoisotopic (exact) mass is 588 g/mol. The number of aromatic nitrogens is 2. The van der Waals surface area contributed by atoms with Gasteiger partial charge in [-0.1, -0.05) is 13.8 Å². The van der Waals surface area contributed by atoms with Crippen LogP contribution in [0.2, 0.25) is 0 Å². The standard InChI is InChI=1S/C30H48N6O6/c1-21(2)7-13-36-23-5-6-25-24(19-23)28(32-33(25)3)30(40)35(15-18-41-4)20-26(37)31-11-14-34(12-8-27(36)38)29(39)22-9-16-42-17-10-22/h21-23H,5-20H2,1-4H3,(H,31,37). The Balaban J connectivity index is 1.65. The molecule has 1 aliphatic carbocycles. The van der Waals surface area contributed by atoms with Crippen molar-refractivity contribution in [2.24, 2.45) is 18.9 Å². The minimum absolute atomic E-state index is 0.00871. The van der Waals surface area contributed by atoms with Crippen LogP contribution in [0.25, 0.3) is 0 Å². The van der Waals surface area contributed by atoms with Crippen molar-refractivity contribution in [1.82, 2.24) is 29.8 Å². The Labute approximate surface area is 249 Å². The fourth-order valence-corrected chi connectivity index (χ4v) is 6.19. The normalized spacial score (nSPS) is 21.7. The number of aryl methyl sites for hydroxylation is 1. The number of ether oxygens (including phenoxy) is 2. The van der Waals surface area contributed by atoms with Crippen molar-refractivity contribution in [3.05, 3.63) is 17.0 Å². The Hall–Kier alpha value is -2.99. The van der Waals surface area contributed by atoms with Crippen LogP contribution in [0.15, 0.2) is 0 Å². The number of hydrogen-bond donors (Lipinski definition) is 1. The summed E-state index contributed by atoms with van der Waals surface area (Å²) in [7, 11) is 3.40. The molecule has 3 heterocycles. The van der Waals surface area contributed by atoms with E-state index < -0.39 is 0 Å². The van der Waals surface area contributed by atoms with Crippen LogP contribution in [0.3, 0.4) is 0 Å². The van der Waals surface area contributed by atoms with Gasteiger partial charge in [0, 0.05) is 89.7 Å². The largest absolute Gasteiger partial charge is 0.383 e. The predicted octanol–water partition coefficient (Wildman–Crippen LogP) is 1.02. The first-order valence-electron chi connectivity index (χ1n) is 15.4. The Morgan fingerprint density at radius 1 is 1.10 bits per heavy atom. The van der Waals surface area contributed by atoms with E-state index in [0.29, 0.717) is 70.1 Å². The van der Waals surface area contributed by atoms with Gasteiger partial charge in [-0.25, -0.2) is 0 Å². The molecule has 2 aliphatic heterocycles. The van der Waals surface area contributed by atoms with Crippen LogP contribution in [-0.4, -0.2) is 120 Å². The van der Waals surface area contributed by atoms with Gasteiger partial charge in [-0.2, -0.15) is 5.10 Å². The lowest BCUT2D eigenvalue weighted by Gasteiger charge is -2.36. The number of carbonyl (C=O) groups excluding carboxylic acids is 4. The van der Waals surface area contributed by atoms with Gasteiger partial charge in [-0.15, -0.1) is 0 Å². The predicted molar refractivity (Wildman–Crippen MR) is 156 cm³/mol. The van der Waals surface area contributed by atoms with E-state index in [2.05, 4.69) is 24.3 Å². The Bertz CT molecular complexity index is 1110. The van der Waals surface area contributed by atoms with Gasteiger partial charge < -0.3 is 29.5 Å². The molecule has 0 aromatic carbocycles. The van der Waals surface area contributed by atoms with Crippen LogP contribution >= 0.6 is 0 Å². The number of amides is 4. The van der Waals surface area contributed by atoms with E-state index in [4.69, 9.17) is 9.47 Å². The van der Waals surface area contributed by atoms with E-state index in [0.717, 1.165) is 24.1 Å². The number of rotatable bonds is 7. The average Bonchev–Trinajstić information content (AvgIpc) is 3.31. The van der Waals surface area contributed by atoms with Gasteiger partial charge in [0.25, 0.3) is 5.91 Å². The van der Waals surface area contributed by atoms with Gasteiger partial charge in [0.2, 0.25) is 17.7 Å². The molecule has 2 bridgehead atoms. The summed E-state index contributed by atoms with van der Waals surface area (Å²) < 4.78 is 12.5. The molecule has 1 N–H and O–H groups in total. The molecule has 1 aromatic rings. The topological polar surface area (TPSA) is 126 Å². The smallest absolute Gasteiger partial charge is 0.275 e. The Kier molecular flexibility index (Phi) is 11.4. The maximum atomic E-state index is 13.8. The summed E-state index contributed by atoms with van der Waals surface area (Å²) in [6.45, 7) is 7.24. The van der Waals surface area contributed by atoms with Crippen LogP contribution in [0.1, 0.15) is 67.7 Å². The Morgan fingerprint density at radius 3 is 2.57 bits per heavy atom. The Morgan fingerprint density at radius 2 is 1.86 bits per heavy atom. The highest BCUT2D eigenvalue weighted by Crippen LogP contribution is 2.29. The number of hydrogen-bond acceptors (Lipinski definition) is 7. The summed E-state index contributed by atoms with van der Waals surface area (Å²) in [6, 6.07) is -0.0669. The van der Waals surface area contributed by atoms with Gasteiger partial charge >= 0.3 is 0 Å². The van der Waals surface area contributed by atoms with E-state index >= 15 is 0 Å². The van der Waals surface area contributed by atoms with Crippen LogP contribution in [-0.2, 0) is 43.7 Å². The lowest BCUT2D eigenvalue weighted by atomic mass is 9.89. The second-order valence-electron chi connectivity index (χ2n) is 12.1. The zero-order chi connectivity index (χ0) is 30.2. The van der Waals surface area contributed by atoms with Gasteiger partial charge in [0.05, 0.1) is 13.2 Å². The van der Waals surface area contributed by atoms with Crippen LogP contribution in [0, 0.1) is 11.8 Å². The maximum absolute atomic E-state index is 13.8. The number of methoxy groups -OCH3 is 1. The molecule has 42 heavy (non-hydrogen) atoms. The molecule has 1 atom stereocenters. The lowest BCUT2D eigenvalue weighted by molar-refractivity contribution is -0.140. The van der Waals surface area contributed by atoms with Gasteiger partial charge in [0.15, 0.2) is 5.69 Å². The molecule has 0 spiro atoms. The van der Waals surface area contributed by atoms with Gasteiger partial charge in [-0.3, -0.25) is 23.9 Å². The molecule has 1 fully saturated rings. The van der Waals surface area contributed by atoms with Crippen molar-refractivity contribution in [1.29, 1.82) is 0 Å². The molecule has 1 aromatic heterocycles. The fraction of sp³-hybridized carbons (Fsp3) is 0.767. The summed E-state index contributed by atoms with van der Waals surface area (Å²) in [6.07, 6.45) is 4.42. The van der Waals surface area contributed by atoms with Crippen molar-refractivity contribution >= 4 is 23.6 Å². The molecule has 1 unspecified atom stereocenters. The van der Waals surface area contributed by atoms with Gasteiger partial charge in [-0.05, 0) is 44.4 Å². The summed E-state index contributed by atoms with van der Waals surface area (Å²) >= 11 is 0. The highest BCUT2D eigenvalue weighted by atomic mass is 16.5. The van der Waals surface area contributed by atoms with Crippen molar-refractivity contribution in [3.8, 4) is 0 Å². The third-order valence-electron chi connectivity index (χ3n) is 8.71. The third-order valence-corrected chi connectivity index (χ3v) is 8.71. The zero-order valence-corrected chi connectivity index (χ0v) is 25.7. The van der Waals surface area contributed by atoms with Crippen molar-refractivity contribution in [2.75, 3.05) is 66.2 Å². The van der Waals surface area contributed by atoms with Crippen molar-refractivity contribution in [2.45, 2.75) is 64.8 Å². The fourth-order valence-electron chi connectivity index (χ4n) is 6.19. The molecule has 1 saturated heterocycles. The zero-order valence-electron chi connectivity index (χ0n) is 25.7. The summed E-state index contributed by atoms with van der Waals surface area (Å²) in [5.74, 6) is -0.322. The first-order chi connectivity index (χ1) is 20.2. The van der Waals surface area contributed by atoms with E-state index in [1.54, 1.807) is 16.7 Å². The minimum atomic E-state index is -0.317. The number of nitrogens with zero attached hydrogens (tertiary/aromatic N) is 5. The number of fused-ring (bicyclic) bond motifs is 1. The molecule has 12 heteroatoms. The van der Waals surface area contributed by atoms with Crippen LogP contribution < -0.4 is 5.32 Å². The molecule has 3 aliphatic rings. The summed E-state index contributed by atoms with van der Waals surface area (Å²) in [4.78, 5) is 59.4. The molecule has 4 rings (SSSR count). The quantitative estimate of drug-likeness (QED) is 0.504. The summed E-state index contributed by atoms with van der Waals surface area (Å²) in [5.41, 5.74) is 2.20. The third kappa shape index (κ3) is 7.89. The highest BCUT2D eigenvalue weighted by Gasteiger charge is 2.35. The van der Waals surface area contributed by atoms with E-state index in [9.17, 15) is 19.2 Å². The number of carbonyl (C=O) groups is 4. The molecule has 234 valence electrons. The van der Waals surface area contributed by atoms with E-state index in [1.807, 2.05) is 11.9 Å². The highest BCUT2D eigenvalue weighted by molar-refractivity contribution is 5.96. The van der Waals surface area contributed by atoms with Crippen molar-refractivity contribution in [3.63, 3.8) is 0 Å². The van der Waals surface area contributed by atoms with Gasteiger partial charge in [0.1, 0.15) is 0 Å². The minimum Gasteiger partial charge on any atom is -0.383 e. The summed E-state index contributed by atoms with van der Waals surface area (Å²) in [5, 5.41) is 7.48. The first-order valence-corrected chi connectivity index (χ1v) is 15.4. The van der Waals surface area contributed by atoms with E-state index in [1.165, 1.54) is 4.90 Å². The molecular weight excluding hydrogens is 540 g/mol. The van der Waals surface area contributed by atoms with Crippen molar-refractivity contribution < 1.29 is 28.7 Å². The maximum Gasteiger partial charge on any atom is 0.275 e. The average molecular weight is 589 g/mol. The molecule has 4 amide bonds. The SMILES string of the molecule is COCCN1CC(=O)NCCN(C(=O)C2CCOCC2)CCC(=O)N(CCC(C)C)C2CCc3c(c(nn3C)C1=O)C2. The number of nitrogens with one attached hydrogen (secondary N) is 1. The molecule has 12 nitrogen and oxygen atoms in total. The second-order valence-corrected chi connectivity index (χ2v) is 12.1. The van der Waals surface area contributed by atoms with Crippen LogP contribution in [0.5, 0.6) is 0 Å². The first kappa shape index (κ1) is 31.9. The molecular formula is C30H48N6O6. The molecule has 0 saturated carbocycles. The molecule has 0 radical (unpaired) electrons. The second kappa shape index (κ2) is 15.0. The van der Waals surface area contributed by atoms with Crippen LogP contribution in [0.4, 0.5) is 0 Å². The lowest BCUT2D eigenvalue weighted by Crippen LogP contribution is -2.49. The van der Waals surface area contributed by atoms with E-state index in [-0.39, 0.29) is 68.3 Å².